The number of halogens is 1. The van der Waals surface area contributed by atoms with Crippen molar-refractivity contribution in [2.24, 2.45) is 5.41 Å². The van der Waals surface area contributed by atoms with E-state index in [4.69, 9.17) is 11.6 Å². The van der Waals surface area contributed by atoms with Crippen LogP contribution in [0, 0.1) is 5.41 Å². The minimum atomic E-state index is 0.366. The molecule has 0 bridgehead atoms. The summed E-state index contributed by atoms with van der Waals surface area (Å²) in [4.78, 5) is 2.45. The summed E-state index contributed by atoms with van der Waals surface area (Å²) < 4.78 is 0. The van der Waals surface area contributed by atoms with Gasteiger partial charge in [0.2, 0.25) is 0 Å². The normalized spacial score (nSPS) is 23.0. The molecule has 0 aromatic heterocycles. The standard InChI is InChI=1S/C16H22ClNO/c17-14-3-4-15(19)13(11-14)12-18-9-7-16(8-10-18)5-1-2-6-16/h3-4,11,19H,1-2,5-10,12H2. The molecule has 2 fully saturated rings. The summed E-state index contributed by atoms with van der Waals surface area (Å²) in [5.74, 6) is 0.366. The predicted octanol–water partition coefficient (Wildman–Crippen LogP) is 4.20. The number of likely N-dealkylation sites (tertiary alicyclic amines) is 1. The van der Waals surface area contributed by atoms with Crippen LogP contribution in [0.15, 0.2) is 18.2 Å². The number of phenols is 1. The summed E-state index contributed by atoms with van der Waals surface area (Å²) in [5.41, 5.74) is 1.61. The van der Waals surface area contributed by atoms with Gasteiger partial charge in [-0.25, -0.2) is 0 Å². The first-order valence-corrected chi connectivity index (χ1v) is 7.75. The summed E-state index contributed by atoms with van der Waals surface area (Å²) in [6, 6.07) is 5.32. The maximum absolute atomic E-state index is 9.89. The maximum atomic E-state index is 9.89. The van der Waals surface area contributed by atoms with Crippen molar-refractivity contribution in [2.45, 2.75) is 45.1 Å². The van der Waals surface area contributed by atoms with Gasteiger partial charge in [0.1, 0.15) is 5.75 Å². The van der Waals surface area contributed by atoms with Crippen LogP contribution in [0.4, 0.5) is 0 Å². The number of nitrogens with zero attached hydrogens (tertiary/aromatic N) is 1. The molecule has 2 nitrogen and oxygen atoms in total. The van der Waals surface area contributed by atoms with Crippen LogP contribution in [0.25, 0.3) is 0 Å². The Bertz CT molecular complexity index is 444. The summed E-state index contributed by atoms with van der Waals surface area (Å²) in [5, 5.41) is 10.6. The van der Waals surface area contributed by atoms with E-state index in [9.17, 15) is 5.11 Å². The summed E-state index contributed by atoms with van der Waals surface area (Å²) in [7, 11) is 0. The third-order valence-electron chi connectivity index (χ3n) is 5.02. The van der Waals surface area contributed by atoms with E-state index >= 15 is 0 Å². The molecule has 1 heterocycles. The smallest absolute Gasteiger partial charge is 0.120 e. The van der Waals surface area contributed by atoms with Gasteiger partial charge in [0.05, 0.1) is 0 Å². The first-order valence-electron chi connectivity index (χ1n) is 7.37. The Morgan fingerprint density at radius 1 is 1.11 bits per heavy atom. The minimum Gasteiger partial charge on any atom is -0.508 e. The molecule has 0 unspecified atom stereocenters. The zero-order valence-electron chi connectivity index (χ0n) is 11.4. The van der Waals surface area contributed by atoms with Crippen molar-refractivity contribution in [2.75, 3.05) is 13.1 Å². The van der Waals surface area contributed by atoms with Gasteiger partial charge in [-0.1, -0.05) is 24.4 Å². The van der Waals surface area contributed by atoms with E-state index in [1.807, 2.05) is 6.07 Å². The van der Waals surface area contributed by atoms with Crippen LogP contribution in [0.5, 0.6) is 5.75 Å². The fraction of sp³-hybridized carbons (Fsp3) is 0.625. The number of aromatic hydroxyl groups is 1. The van der Waals surface area contributed by atoms with Gasteiger partial charge in [0.15, 0.2) is 0 Å². The first-order chi connectivity index (χ1) is 9.17. The molecule has 3 heteroatoms. The van der Waals surface area contributed by atoms with E-state index in [1.165, 1.54) is 38.5 Å². The lowest BCUT2D eigenvalue weighted by atomic mass is 9.77. The van der Waals surface area contributed by atoms with Crippen LogP contribution in [0.3, 0.4) is 0 Å². The minimum absolute atomic E-state index is 0.366. The predicted molar refractivity (Wildman–Crippen MR) is 78.5 cm³/mol. The number of hydrogen-bond donors (Lipinski definition) is 1. The molecule has 1 N–H and O–H groups in total. The topological polar surface area (TPSA) is 23.5 Å². The number of benzene rings is 1. The molecular weight excluding hydrogens is 258 g/mol. The quantitative estimate of drug-likeness (QED) is 0.877. The molecule has 104 valence electrons. The molecule has 0 atom stereocenters. The third kappa shape index (κ3) is 2.90. The van der Waals surface area contributed by atoms with Crippen LogP contribution in [-0.4, -0.2) is 23.1 Å². The van der Waals surface area contributed by atoms with Gasteiger partial charge in [-0.2, -0.15) is 0 Å². The molecule has 1 saturated heterocycles. The molecule has 1 aliphatic heterocycles. The zero-order chi connectivity index (χ0) is 13.3. The van der Waals surface area contributed by atoms with Crippen molar-refractivity contribution in [1.29, 1.82) is 0 Å². The molecule has 1 aromatic rings. The molecule has 3 rings (SSSR count). The summed E-state index contributed by atoms with van der Waals surface area (Å²) in [6.45, 7) is 3.14. The highest BCUT2D eigenvalue weighted by molar-refractivity contribution is 6.30. The monoisotopic (exact) mass is 279 g/mol. The second-order valence-electron chi connectivity index (χ2n) is 6.26. The molecular formula is C16H22ClNO. The average Bonchev–Trinajstić information content (AvgIpc) is 2.85. The molecule has 1 saturated carbocycles. The third-order valence-corrected chi connectivity index (χ3v) is 5.25. The summed E-state index contributed by atoms with van der Waals surface area (Å²) >= 11 is 6.00. The lowest BCUT2D eigenvalue weighted by Crippen LogP contribution is -2.38. The van der Waals surface area contributed by atoms with Crippen molar-refractivity contribution in [3.63, 3.8) is 0 Å². The highest BCUT2D eigenvalue weighted by atomic mass is 35.5. The SMILES string of the molecule is Oc1ccc(Cl)cc1CN1CCC2(CCCC2)CC1. The molecule has 0 radical (unpaired) electrons. The number of hydrogen-bond acceptors (Lipinski definition) is 2. The van der Waals surface area contributed by atoms with Crippen LogP contribution >= 0.6 is 11.6 Å². The van der Waals surface area contributed by atoms with Gasteiger partial charge in [-0.05, 0) is 62.4 Å². The van der Waals surface area contributed by atoms with E-state index in [0.29, 0.717) is 16.2 Å². The second-order valence-corrected chi connectivity index (χ2v) is 6.69. The van der Waals surface area contributed by atoms with Crippen molar-refractivity contribution in [1.82, 2.24) is 4.90 Å². The van der Waals surface area contributed by atoms with Crippen LogP contribution in [0.1, 0.15) is 44.1 Å². The molecule has 1 aliphatic carbocycles. The van der Waals surface area contributed by atoms with Gasteiger partial charge in [-0.15, -0.1) is 0 Å². The Morgan fingerprint density at radius 2 is 1.79 bits per heavy atom. The Kier molecular flexibility index (Phi) is 3.72. The van der Waals surface area contributed by atoms with Crippen LogP contribution < -0.4 is 0 Å². The van der Waals surface area contributed by atoms with Crippen LogP contribution in [0.2, 0.25) is 5.02 Å². The van der Waals surface area contributed by atoms with E-state index < -0.39 is 0 Å². The van der Waals surface area contributed by atoms with Gasteiger partial charge in [-0.3, -0.25) is 4.90 Å². The molecule has 2 aliphatic rings. The Balaban J connectivity index is 1.61. The first kappa shape index (κ1) is 13.3. The largest absolute Gasteiger partial charge is 0.508 e. The lowest BCUT2D eigenvalue weighted by Gasteiger charge is -2.39. The Morgan fingerprint density at radius 3 is 2.47 bits per heavy atom. The Labute approximate surface area is 120 Å². The molecule has 1 spiro atoms. The molecule has 19 heavy (non-hydrogen) atoms. The molecule has 1 aromatic carbocycles. The lowest BCUT2D eigenvalue weighted by molar-refractivity contribution is 0.103. The van der Waals surface area contributed by atoms with Gasteiger partial charge < -0.3 is 5.11 Å². The van der Waals surface area contributed by atoms with Gasteiger partial charge >= 0.3 is 0 Å². The number of piperidine rings is 1. The second kappa shape index (κ2) is 5.34. The van der Waals surface area contributed by atoms with Crippen molar-refractivity contribution in [3.8, 4) is 5.75 Å². The van der Waals surface area contributed by atoms with E-state index in [-0.39, 0.29) is 0 Å². The fourth-order valence-electron chi connectivity index (χ4n) is 3.73. The maximum Gasteiger partial charge on any atom is 0.120 e. The average molecular weight is 280 g/mol. The Hall–Kier alpha value is -0.730. The van der Waals surface area contributed by atoms with Gasteiger partial charge in [0, 0.05) is 17.1 Å². The molecule has 0 amide bonds. The highest BCUT2D eigenvalue weighted by Crippen LogP contribution is 2.46. The zero-order valence-corrected chi connectivity index (χ0v) is 12.1. The summed E-state index contributed by atoms with van der Waals surface area (Å²) in [6.07, 6.45) is 8.37. The van der Waals surface area contributed by atoms with E-state index in [1.54, 1.807) is 12.1 Å². The van der Waals surface area contributed by atoms with E-state index in [2.05, 4.69) is 4.90 Å². The van der Waals surface area contributed by atoms with Crippen molar-refractivity contribution >= 4 is 11.6 Å². The fourth-order valence-corrected chi connectivity index (χ4v) is 3.93. The van der Waals surface area contributed by atoms with Gasteiger partial charge in [0.25, 0.3) is 0 Å². The van der Waals surface area contributed by atoms with E-state index in [0.717, 1.165) is 25.2 Å². The van der Waals surface area contributed by atoms with Crippen molar-refractivity contribution in [3.05, 3.63) is 28.8 Å². The number of rotatable bonds is 2. The number of phenolic OH excluding ortho intramolecular Hbond substituents is 1. The van der Waals surface area contributed by atoms with Crippen LogP contribution in [-0.2, 0) is 6.54 Å². The van der Waals surface area contributed by atoms with Crippen molar-refractivity contribution < 1.29 is 5.11 Å². The highest BCUT2D eigenvalue weighted by Gasteiger charge is 2.36.